The van der Waals surface area contributed by atoms with Crippen LogP contribution >= 0.6 is 11.6 Å². The highest BCUT2D eigenvalue weighted by Crippen LogP contribution is 2.29. The molecule has 0 atom stereocenters. The van der Waals surface area contributed by atoms with Gasteiger partial charge in [0.05, 0.1) is 0 Å². The minimum Gasteiger partial charge on any atom is -0.508 e. The first-order chi connectivity index (χ1) is 7.59. The lowest BCUT2D eigenvalue weighted by Gasteiger charge is -1.97. The lowest BCUT2D eigenvalue weighted by molar-refractivity contribution is 0.0690. The van der Waals surface area contributed by atoms with E-state index in [2.05, 4.69) is 10.2 Å². The molecule has 2 aromatic rings. The average molecular weight is 239 g/mol. The van der Waals surface area contributed by atoms with Crippen LogP contribution in [0.4, 0.5) is 0 Å². The summed E-state index contributed by atoms with van der Waals surface area (Å²) in [5.74, 6) is -1.05. The minimum absolute atomic E-state index is 0.0539. The summed E-state index contributed by atoms with van der Waals surface area (Å²) in [5, 5.41) is 24.1. The van der Waals surface area contributed by atoms with E-state index in [0.29, 0.717) is 11.3 Å². The van der Waals surface area contributed by atoms with E-state index in [9.17, 15) is 4.79 Å². The molecule has 0 unspecified atom stereocenters. The van der Waals surface area contributed by atoms with E-state index in [1.807, 2.05) is 0 Å². The monoisotopic (exact) mass is 238 g/mol. The van der Waals surface area contributed by atoms with Crippen molar-refractivity contribution < 1.29 is 15.0 Å². The van der Waals surface area contributed by atoms with Gasteiger partial charge in [-0.1, -0.05) is 11.6 Å². The molecule has 0 fully saturated rings. The van der Waals surface area contributed by atoms with Crippen molar-refractivity contribution in [2.45, 2.75) is 0 Å². The Hall–Kier alpha value is -2.01. The first kappa shape index (κ1) is 10.5. The van der Waals surface area contributed by atoms with Crippen LogP contribution in [0.15, 0.2) is 24.3 Å². The predicted molar refractivity (Wildman–Crippen MR) is 57.7 cm³/mol. The summed E-state index contributed by atoms with van der Waals surface area (Å²) in [6, 6.07) is 6.15. The van der Waals surface area contributed by atoms with Gasteiger partial charge in [-0.3, -0.25) is 5.10 Å². The smallest absolute Gasteiger partial charge is 0.355 e. The van der Waals surface area contributed by atoms with E-state index in [-0.39, 0.29) is 16.5 Å². The normalized spacial score (nSPS) is 10.3. The summed E-state index contributed by atoms with van der Waals surface area (Å²) >= 11 is 5.86. The number of halogens is 1. The number of nitrogens with one attached hydrogen (secondary N) is 1. The van der Waals surface area contributed by atoms with Gasteiger partial charge in [0.15, 0.2) is 5.69 Å². The van der Waals surface area contributed by atoms with Gasteiger partial charge in [-0.25, -0.2) is 4.79 Å². The van der Waals surface area contributed by atoms with Gasteiger partial charge in [-0.2, -0.15) is 5.10 Å². The fourth-order valence-corrected chi connectivity index (χ4v) is 1.56. The van der Waals surface area contributed by atoms with Crippen LogP contribution in [0.3, 0.4) is 0 Å². The van der Waals surface area contributed by atoms with Crippen LogP contribution in [0.25, 0.3) is 11.3 Å². The molecular weight excluding hydrogens is 232 g/mol. The molecule has 3 N–H and O–H groups in total. The van der Waals surface area contributed by atoms with Crippen molar-refractivity contribution in [2.75, 3.05) is 0 Å². The van der Waals surface area contributed by atoms with Gasteiger partial charge >= 0.3 is 5.97 Å². The second-order valence-electron chi connectivity index (χ2n) is 3.11. The number of benzene rings is 1. The zero-order chi connectivity index (χ0) is 11.7. The van der Waals surface area contributed by atoms with E-state index in [1.54, 1.807) is 12.1 Å². The number of hydrogen-bond acceptors (Lipinski definition) is 3. The second kappa shape index (κ2) is 3.86. The molecule has 2 rings (SSSR count). The number of carbonyl (C=O) groups is 1. The van der Waals surface area contributed by atoms with Crippen molar-refractivity contribution in [3.05, 3.63) is 35.0 Å². The topological polar surface area (TPSA) is 86.2 Å². The Morgan fingerprint density at radius 3 is 2.44 bits per heavy atom. The largest absolute Gasteiger partial charge is 0.508 e. The number of hydrogen-bond donors (Lipinski definition) is 3. The van der Waals surface area contributed by atoms with Gasteiger partial charge in [0, 0.05) is 5.56 Å². The van der Waals surface area contributed by atoms with E-state index in [0.717, 1.165) is 0 Å². The van der Waals surface area contributed by atoms with E-state index >= 15 is 0 Å². The van der Waals surface area contributed by atoms with Gasteiger partial charge in [-0.15, -0.1) is 0 Å². The van der Waals surface area contributed by atoms with E-state index < -0.39 is 5.97 Å². The number of aromatic hydroxyl groups is 1. The molecule has 1 aromatic carbocycles. The van der Waals surface area contributed by atoms with Crippen molar-refractivity contribution in [2.24, 2.45) is 0 Å². The molecule has 6 heteroatoms. The van der Waals surface area contributed by atoms with Crippen LogP contribution in [0, 0.1) is 0 Å². The Morgan fingerprint density at radius 1 is 1.31 bits per heavy atom. The number of aromatic nitrogens is 2. The Bertz CT molecular complexity index is 533. The highest BCUT2D eigenvalue weighted by Gasteiger charge is 2.17. The summed E-state index contributed by atoms with van der Waals surface area (Å²) in [4.78, 5) is 10.7. The Kier molecular flexibility index (Phi) is 2.54. The summed E-state index contributed by atoms with van der Waals surface area (Å²) in [6.45, 7) is 0. The standard InChI is InChI=1S/C10H7ClN2O3/c11-7-8(12-13-9(7)10(15)16)5-1-3-6(14)4-2-5/h1-4,14H,(H,12,13)(H,15,16). The quantitative estimate of drug-likeness (QED) is 0.748. The minimum atomic E-state index is -1.16. The number of aromatic amines is 1. The molecule has 1 aromatic heterocycles. The maximum Gasteiger partial charge on any atom is 0.355 e. The number of aromatic carboxylic acids is 1. The van der Waals surface area contributed by atoms with E-state index in [1.165, 1.54) is 12.1 Å². The van der Waals surface area contributed by atoms with Gasteiger partial charge in [0.1, 0.15) is 16.5 Å². The molecule has 0 aliphatic heterocycles. The average Bonchev–Trinajstić information content (AvgIpc) is 2.61. The fourth-order valence-electron chi connectivity index (χ4n) is 1.28. The molecule has 0 saturated carbocycles. The lowest BCUT2D eigenvalue weighted by atomic mass is 10.1. The fraction of sp³-hybridized carbons (Fsp3) is 0. The third-order valence-electron chi connectivity index (χ3n) is 2.06. The third-order valence-corrected chi connectivity index (χ3v) is 2.43. The molecule has 0 aliphatic rings. The molecule has 0 amide bonds. The highest BCUT2D eigenvalue weighted by atomic mass is 35.5. The van der Waals surface area contributed by atoms with Gasteiger partial charge in [0.2, 0.25) is 0 Å². The first-order valence-electron chi connectivity index (χ1n) is 4.36. The number of carboxylic acid groups (broad SMARTS) is 1. The molecule has 0 saturated heterocycles. The molecule has 0 bridgehead atoms. The van der Waals surface area contributed by atoms with Crippen LogP contribution in [-0.4, -0.2) is 26.4 Å². The molecule has 16 heavy (non-hydrogen) atoms. The molecular formula is C10H7ClN2O3. The number of H-pyrrole nitrogens is 1. The van der Waals surface area contributed by atoms with Crippen molar-refractivity contribution in [3.8, 4) is 17.0 Å². The Labute approximate surface area is 95.3 Å². The lowest BCUT2D eigenvalue weighted by Crippen LogP contribution is -1.96. The highest BCUT2D eigenvalue weighted by molar-refractivity contribution is 6.35. The number of phenolic OH excluding ortho intramolecular Hbond substituents is 1. The zero-order valence-electron chi connectivity index (χ0n) is 7.94. The third kappa shape index (κ3) is 1.72. The molecule has 5 nitrogen and oxygen atoms in total. The summed E-state index contributed by atoms with van der Waals surface area (Å²) in [7, 11) is 0. The molecule has 0 aliphatic carbocycles. The summed E-state index contributed by atoms with van der Waals surface area (Å²) < 4.78 is 0. The van der Waals surface area contributed by atoms with Crippen molar-refractivity contribution in [3.63, 3.8) is 0 Å². The van der Waals surface area contributed by atoms with Crippen LogP contribution < -0.4 is 0 Å². The maximum atomic E-state index is 10.7. The molecule has 0 spiro atoms. The maximum absolute atomic E-state index is 10.7. The Morgan fingerprint density at radius 2 is 1.94 bits per heavy atom. The van der Waals surface area contributed by atoms with Crippen LogP contribution in [-0.2, 0) is 0 Å². The number of phenols is 1. The van der Waals surface area contributed by atoms with Crippen molar-refractivity contribution in [1.82, 2.24) is 10.2 Å². The summed E-state index contributed by atoms with van der Waals surface area (Å²) in [6.07, 6.45) is 0. The zero-order valence-corrected chi connectivity index (χ0v) is 8.69. The second-order valence-corrected chi connectivity index (χ2v) is 3.49. The number of nitrogens with zero attached hydrogens (tertiary/aromatic N) is 1. The molecule has 82 valence electrons. The Balaban J connectivity index is 2.49. The van der Waals surface area contributed by atoms with Crippen LogP contribution in [0.2, 0.25) is 5.02 Å². The molecule has 0 radical (unpaired) electrons. The van der Waals surface area contributed by atoms with Crippen molar-refractivity contribution in [1.29, 1.82) is 0 Å². The van der Waals surface area contributed by atoms with Crippen molar-refractivity contribution >= 4 is 17.6 Å². The number of carboxylic acids is 1. The van der Waals surface area contributed by atoms with Gasteiger partial charge in [-0.05, 0) is 24.3 Å². The van der Waals surface area contributed by atoms with Crippen LogP contribution in [0.1, 0.15) is 10.5 Å². The molecule has 1 heterocycles. The predicted octanol–water partition coefficient (Wildman–Crippen LogP) is 2.13. The SMILES string of the molecule is O=C(O)c1[nH]nc(-c2ccc(O)cc2)c1Cl. The van der Waals surface area contributed by atoms with E-state index in [4.69, 9.17) is 21.8 Å². The number of rotatable bonds is 2. The van der Waals surface area contributed by atoms with Gasteiger partial charge < -0.3 is 10.2 Å². The first-order valence-corrected chi connectivity index (χ1v) is 4.74. The van der Waals surface area contributed by atoms with Crippen LogP contribution in [0.5, 0.6) is 5.75 Å². The summed E-state index contributed by atoms with van der Waals surface area (Å²) in [5.41, 5.74) is 0.829. The van der Waals surface area contributed by atoms with Gasteiger partial charge in [0.25, 0.3) is 0 Å².